The number of carbonyl (C=O) groups is 2. The molecular formula is C30H24F12N2O4S. The van der Waals surface area contributed by atoms with E-state index < -0.39 is 91.5 Å². The number of morpholine rings is 2. The zero-order valence-corrected chi connectivity index (χ0v) is 25.6. The number of hydrogen-bond acceptors (Lipinski definition) is 5. The van der Waals surface area contributed by atoms with Crippen LogP contribution in [0.25, 0.3) is 12.2 Å². The maximum atomic E-state index is 14.3. The van der Waals surface area contributed by atoms with Gasteiger partial charge in [0.15, 0.2) is 0 Å². The maximum absolute atomic E-state index is 14.3. The highest BCUT2D eigenvalue weighted by Crippen LogP contribution is 2.52. The first kappa shape index (κ1) is 38.1. The molecule has 2 saturated heterocycles. The number of ether oxygens (including phenoxy) is 2. The first-order valence-electron chi connectivity index (χ1n) is 14.1. The first-order valence-corrected chi connectivity index (χ1v) is 14.9. The van der Waals surface area contributed by atoms with E-state index in [-0.39, 0.29) is 52.6 Å². The number of rotatable bonds is 6. The van der Waals surface area contributed by atoms with Crippen molar-refractivity contribution in [3.05, 3.63) is 69.8 Å². The highest BCUT2D eigenvalue weighted by Gasteiger charge is 2.49. The summed E-state index contributed by atoms with van der Waals surface area (Å²) in [5, 5.41) is 0. The van der Waals surface area contributed by atoms with E-state index in [1.54, 1.807) is 0 Å². The monoisotopic (exact) mass is 736 g/mol. The molecule has 0 spiro atoms. The van der Waals surface area contributed by atoms with Crippen molar-refractivity contribution in [1.82, 2.24) is 9.80 Å². The minimum absolute atomic E-state index is 0.0545. The van der Waals surface area contributed by atoms with E-state index in [0.29, 0.717) is 48.6 Å². The lowest BCUT2D eigenvalue weighted by molar-refractivity contribution is -0.164. The fraction of sp³-hybridized carbons (Fsp3) is 0.400. The molecule has 6 nitrogen and oxygen atoms in total. The minimum Gasteiger partial charge on any atom is -0.378 e. The first-order chi connectivity index (χ1) is 22.7. The molecule has 2 aliphatic rings. The van der Waals surface area contributed by atoms with E-state index in [1.165, 1.54) is 0 Å². The summed E-state index contributed by atoms with van der Waals surface area (Å²) in [7, 11) is 0. The van der Waals surface area contributed by atoms with Gasteiger partial charge in [0, 0.05) is 48.1 Å². The smallest absolute Gasteiger partial charge is 0.378 e. The molecule has 19 heteroatoms. The summed E-state index contributed by atoms with van der Waals surface area (Å²) in [4.78, 5) is 24.2. The Morgan fingerprint density at radius 2 is 0.837 bits per heavy atom. The van der Waals surface area contributed by atoms with Gasteiger partial charge in [-0.2, -0.15) is 52.7 Å². The number of halogens is 12. The van der Waals surface area contributed by atoms with Gasteiger partial charge in [0.2, 0.25) is 11.8 Å². The van der Waals surface area contributed by atoms with Crippen molar-refractivity contribution in [2.75, 3.05) is 52.6 Å². The average molecular weight is 737 g/mol. The summed E-state index contributed by atoms with van der Waals surface area (Å²) >= 11 is -0.600. The molecule has 0 bridgehead atoms. The Morgan fingerprint density at radius 3 is 1.12 bits per heavy atom. The van der Waals surface area contributed by atoms with Crippen LogP contribution in [0, 0.1) is 0 Å². The molecule has 0 atom stereocenters. The molecule has 268 valence electrons. The van der Waals surface area contributed by atoms with Crippen molar-refractivity contribution in [2.24, 2.45) is 0 Å². The predicted molar refractivity (Wildman–Crippen MR) is 150 cm³/mol. The lowest BCUT2D eigenvalue weighted by atomic mass is 9.99. The second-order valence-corrected chi connectivity index (χ2v) is 11.5. The number of amides is 2. The molecule has 2 aliphatic heterocycles. The molecule has 2 heterocycles. The maximum Gasteiger partial charge on any atom is 0.418 e. The number of nitrogens with zero attached hydrogens (tertiary/aromatic N) is 2. The Labute approximate surface area is 274 Å². The summed E-state index contributed by atoms with van der Waals surface area (Å²) in [6.07, 6.45) is -21.2. The molecule has 2 aromatic carbocycles. The average Bonchev–Trinajstić information content (AvgIpc) is 3.01. The van der Waals surface area contributed by atoms with Crippen molar-refractivity contribution in [1.29, 1.82) is 0 Å². The van der Waals surface area contributed by atoms with Crippen LogP contribution in [0.4, 0.5) is 52.7 Å². The molecule has 0 unspecified atom stereocenters. The van der Waals surface area contributed by atoms with Crippen LogP contribution in [-0.4, -0.2) is 74.2 Å². The molecule has 4 rings (SSSR count). The van der Waals surface area contributed by atoms with Gasteiger partial charge in [-0.15, -0.1) is 0 Å². The van der Waals surface area contributed by atoms with Crippen LogP contribution in [0.3, 0.4) is 0 Å². The predicted octanol–water partition coefficient (Wildman–Crippen LogP) is 7.66. The van der Waals surface area contributed by atoms with Gasteiger partial charge < -0.3 is 19.3 Å². The third-order valence-corrected chi connectivity index (χ3v) is 8.33. The molecule has 2 fully saturated rings. The van der Waals surface area contributed by atoms with Gasteiger partial charge in [-0.3, -0.25) is 9.59 Å². The van der Waals surface area contributed by atoms with Gasteiger partial charge in [-0.25, -0.2) is 0 Å². The zero-order valence-electron chi connectivity index (χ0n) is 24.7. The van der Waals surface area contributed by atoms with E-state index in [1.807, 2.05) is 0 Å². The minimum atomic E-state index is -5.88. The molecule has 0 aromatic heterocycles. The van der Waals surface area contributed by atoms with Crippen LogP contribution in [0.15, 0.2) is 46.2 Å². The highest BCUT2D eigenvalue weighted by atomic mass is 32.2. The van der Waals surface area contributed by atoms with Gasteiger partial charge in [-0.1, -0.05) is 23.9 Å². The van der Waals surface area contributed by atoms with E-state index >= 15 is 0 Å². The Morgan fingerprint density at radius 1 is 0.531 bits per heavy atom. The van der Waals surface area contributed by atoms with Crippen molar-refractivity contribution in [3.63, 3.8) is 0 Å². The standard InChI is InChI=1S/C30H24F12N2O4S/c31-27(32,33)23-17(3-7-21(45)43-9-13-47-14-10-43)1-5-19(25(23)29(37,38)39)49-20-6-2-18(4-8-22(46)44-11-15-48-16-12-44)24(28(34,35)36)26(20)30(40,41)42/h1-8H,9-16H2/b7-3+,8-4+. The van der Waals surface area contributed by atoms with Crippen LogP contribution in [0.2, 0.25) is 0 Å². The lowest BCUT2D eigenvalue weighted by Gasteiger charge is -2.26. The third kappa shape index (κ3) is 9.30. The Balaban J connectivity index is 1.85. The van der Waals surface area contributed by atoms with Crippen molar-refractivity contribution in [2.45, 2.75) is 34.5 Å². The molecular weight excluding hydrogens is 712 g/mol. The largest absolute Gasteiger partial charge is 0.418 e. The van der Waals surface area contributed by atoms with Crippen molar-refractivity contribution >= 4 is 35.7 Å². The molecule has 0 radical (unpaired) electrons. The lowest BCUT2D eigenvalue weighted by Crippen LogP contribution is -2.39. The highest BCUT2D eigenvalue weighted by molar-refractivity contribution is 7.99. The topological polar surface area (TPSA) is 59.1 Å². The number of alkyl halides is 12. The summed E-state index contributed by atoms with van der Waals surface area (Å²) in [6.45, 7) is 0.652. The molecule has 0 N–H and O–H groups in total. The zero-order chi connectivity index (χ0) is 36.4. The second kappa shape index (κ2) is 14.6. The van der Waals surface area contributed by atoms with E-state index in [4.69, 9.17) is 9.47 Å². The summed E-state index contributed by atoms with van der Waals surface area (Å²) in [6, 6.07) is 1.69. The second-order valence-electron chi connectivity index (χ2n) is 10.4. The Hall–Kier alpha value is -3.71. The SMILES string of the molecule is O=C(/C=C/c1ccc(Sc2ccc(/C=C/C(=O)N3CCOCC3)c(C(F)(F)F)c2C(F)(F)F)c(C(F)(F)F)c1C(F)(F)F)N1CCOCC1. The fourth-order valence-electron chi connectivity index (χ4n) is 5.04. The summed E-state index contributed by atoms with van der Waals surface area (Å²) in [5.74, 6) is -1.70. The van der Waals surface area contributed by atoms with Crippen molar-refractivity contribution < 1.29 is 71.7 Å². The molecule has 49 heavy (non-hydrogen) atoms. The van der Waals surface area contributed by atoms with E-state index in [2.05, 4.69) is 0 Å². The van der Waals surface area contributed by atoms with Crippen molar-refractivity contribution in [3.8, 4) is 0 Å². The normalized spacial score (nSPS) is 17.0. The van der Waals surface area contributed by atoms with Gasteiger partial charge >= 0.3 is 24.7 Å². The van der Waals surface area contributed by atoms with Crippen LogP contribution >= 0.6 is 11.8 Å². The Kier molecular flexibility index (Phi) is 11.4. The van der Waals surface area contributed by atoms with Gasteiger partial charge in [-0.05, 0) is 35.4 Å². The van der Waals surface area contributed by atoms with Gasteiger partial charge in [0.1, 0.15) is 0 Å². The molecule has 2 aromatic rings. The Bertz CT molecular complexity index is 1480. The van der Waals surface area contributed by atoms with Crippen LogP contribution < -0.4 is 0 Å². The number of carbonyl (C=O) groups excluding carboxylic acids is 2. The summed E-state index contributed by atoms with van der Waals surface area (Å²) < 4.78 is 181. The third-order valence-electron chi connectivity index (χ3n) is 7.21. The van der Waals surface area contributed by atoms with Crippen LogP contribution in [-0.2, 0) is 43.8 Å². The fourth-order valence-corrected chi connectivity index (χ4v) is 6.19. The van der Waals surface area contributed by atoms with Gasteiger partial charge in [0.05, 0.1) is 48.7 Å². The molecule has 2 amide bonds. The van der Waals surface area contributed by atoms with Gasteiger partial charge in [0.25, 0.3) is 0 Å². The molecule has 0 aliphatic carbocycles. The molecule has 0 saturated carbocycles. The van der Waals surface area contributed by atoms with Crippen LogP contribution in [0.5, 0.6) is 0 Å². The van der Waals surface area contributed by atoms with E-state index in [0.717, 1.165) is 9.80 Å². The summed E-state index contributed by atoms with van der Waals surface area (Å²) in [5.41, 5.74) is -12.0. The quantitative estimate of drug-likeness (QED) is 0.225. The number of benzene rings is 2. The number of hydrogen-bond donors (Lipinski definition) is 0. The van der Waals surface area contributed by atoms with E-state index in [9.17, 15) is 62.3 Å². The van der Waals surface area contributed by atoms with Crippen LogP contribution in [0.1, 0.15) is 33.4 Å².